The predicted octanol–water partition coefficient (Wildman–Crippen LogP) is 2.54. The Bertz CT molecular complexity index is 693. The van der Waals surface area contributed by atoms with Gasteiger partial charge in [0.25, 0.3) is 0 Å². The number of guanidine groups is 1. The van der Waals surface area contributed by atoms with Crippen molar-refractivity contribution in [1.82, 2.24) is 15.1 Å². The molecule has 0 spiro atoms. The Morgan fingerprint density at radius 2 is 2.03 bits per heavy atom. The van der Waals surface area contributed by atoms with Gasteiger partial charge in [-0.3, -0.25) is 9.79 Å². The van der Waals surface area contributed by atoms with Crippen LogP contribution in [0.2, 0.25) is 0 Å². The Hall–Kier alpha value is -2.44. The van der Waals surface area contributed by atoms with E-state index in [1.807, 2.05) is 30.1 Å². The third-order valence-corrected chi connectivity index (χ3v) is 5.50. The molecule has 1 atom stereocenters. The third kappa shape index (κ3) is 6.54. The third-order valence-electron chi connectivity index (χ3n) is 5.50. The number of nitrogens with zero attached hydrogens (tertiary/aromatic N) is 3. The normalized spacial score (nSPS) is 17.1. The second kappa shape index (κ2) is 11.5. The average Bonchev–Trinajstić information content (AvgIpc) is 2.74. The van der Waals surface area contributed by atoms with Gasteiger partial charge in [0.15, 0.2) is 17.5 Å². The number of ether oxygens (including phenoxy) is 2. The van der Waals surface area contributed by atoms with Crippen molar-refractivity contribution >= 4 is 11.9 Å². The summed E-state index contributed by atoms with van der Waals surface area (Å²) in [6.07, 6.45) is 4.79. The number of carbonyl (C=O) groups is 1. The molecule has 1 aliphatic heterocycles. The van der Waals surface area contributed by atoms with Crippen LogP contribution in [0.4, 0.5) is 0 Å². The fourth-order valence-electron chi connectivity index (χ4n) is 3.72. The van der Waals surface area contributed by atoms with E-state index >= 15 is 0 Å². The molecule has 1 fully saturated rings. The van der Waals surface area contributed by atoms with E-state index in [9.17, 15) is 4.79 Å². The summed E-state index contributed by atoms with van der Waals surface area (Å²) in [5, 5.41) is 3.31. The number of amides is 1. The molecule has 0 aliphatic carbocycles. The molecule has 0 aromatic heterocycles. The van der Waals surface area contributed by atoms with Crippen molar-refractivity contribution < 1.29 is 14.3 Å². The number of likely N-dealkylation sites (tertiary alicyclic amines) is 1. The van der Waals surface area contributed by atoms with Gasteiger partial charge in [-0.05, 0) is 50.3 Å². The summed E-state index contributed by atoms with van der Waals surface area (Å²) in [6.45, 7) is 4.42. The molecular weight excluding hydrogens is 368 g/mol. The van der Waals surface area contributed by atoms with Crippen molar-refractivity contribution in [3.05, 3.63) is 23.8 Å². The van der Waals surface area contributed by atoms with Gasteiger partial charge in [-0.1, -0.05) is 6.07 Å². The summed E-state index contributed by atoms with van der Waals surface area (Å²) >= 11 is 0. The van der Waals surface area contributed by atoms with E-state index < -0.39 is 0 Å². The zero-order valence-electron chi connectivity index (χ0n) is 18.5. The predicted molar refractivity (Wildman–Crippen MR) is 117 cm³/mol. The summed E-state index contributed by atoms with van der Waals surface area (Å²) in [6, 6.07) is 6.33. The quantitative estimate of drug-likeness (QED) is 0.533. The molecule has 1 saturated heterocycles. The molecular formula is C22H36N4O3. The zero-order valence-corrected chi connectivity index (χ0v) is 18.5. The van der Waals surface area contributed by atoms with Crippen LogP contribution >= 0.6 is 0 Å². The molecule has 1 amide bonds. The maximum absolute atomic E-state index is 12.5. The van der Waals surface area contributed by atoms with E-state index in [-0.39, 0.29) is 5.91 Å². The van der Waals surface area contributed by atoms with E-state index in [0.717, 1.165) is 49.8 Å². The number of methoxy groups -OCH3 is 2. The van der Waals surface area contributed by atoms with Crippen LogP contribution in [0.5, 0.6) is 11.5 Å². The van der Waals surface area contributed by atoms with Gasteiger partial charge in [-0.25, -0.2) is 0 Å². The van der Waals surface area contributed by atoms with Gasteiger partial charge in [-0.15, -0.1) is 0 Å². The van der Waals surface area contributed by atoms with Gasteiger partial charge in [0, 0.05) is 46.2 Å². The maximum atomic E-state index is 12.5. The lowest BCUT2D eigenvalue weighted by Gasteiger charge is -2.33. The Morgan fingerprint density at radius 3 is 2.69 bits per heavy atom. The summed E-state index contributed by atoms with van der Waals surface area (Å²) in [4.78, 5) is 20.9. The molecule has 7 heteroatoms. The van der Waals surface area contributed by atoms with E-state index in [4.69, 9.17) is 9.47 Å². The lowest BCUT2D eigenvalue weighted by Crippen LogP contribution is -2.45. The first-order valence-corrected chi connectivity index (χ1v) is 10.4. The van der Waals surface area contributed by atoms with Crippen LogP contribution in [0.15, 0.2) is 23.2 Å². The van der Waals surface area contributed by atoms with Crippen LogP contribution < -0.4 is 14.8 Å². The molecule has 1 unspecified atom stereocenters. The smallest absolute Gasteiger partial charge is 0.224 e. The van der Waals surface area contributed by atoms with Crippen molar-refractivity contribution in [3.8, 4) is 11.5 Å². The van der Waals surface area contributed by atoms with Crippen molar-refractivity contribution in [2.24, 2.45) is 4.99 Å². The molecule has 162 valence electrons. The number of hydrogen-bond donors (Lipinski definition) is 1. The Balaban J connectivity index is 1.80. The fraction of sp³-hybridized carbons (Fsp3) is 0.636. The average molecular weight is 405 g/mol. The second-order valence-corrected chi connectivity index (χ2v) is 7.52. The van der Waals surface area contributed by atoms with Gasteiger partial charge in [0.2, 0.25) is 5.91 Å². The molecule has 1 heterocycles. The number of piperidine rings is 1. The molecule has 0 radical (unpaired) electrons. The standard InChI is InChI=1S/C22H36N4O3/c1-17-8-6-7-14-26(17)21(27)11-13-24-22(23-2)25(3)15-12-18-9-10-19(28-4)20(16-18)29-5/h9-10,16-17H,6-8,11-15H2,1-5H3,(H,23,24). The van der Waals surface area contributed by atoms with Crippen LogP contribution in [0.3, 0.4) is 0 Å². The van der Waals surface area contributed by atoms with Crippen LogP contribution in [0.25, 0.3) is 0 Å². The van der Waals surface area contributed by atoms with E-state index in [1.165, 1.54) is 12.0 Å². The molecule has 1 aromatic carbocycles. The Labute approximate surface area is 175 Å². The minimum atomic E-state index is 0.230. The maximum Gasteiger partial charge on any atom is 0.224 e. The molecule has 29 heavy (non-hydrogen) atoms. The topological polar surface area (TPSA) is 66.4 Å². The van der Waals surface area contributed by atoms with Crippen molar-refractivity contribution in [1.29, 1.82) is 0 Å². The van der Waals surface area contributed by atoms with Crippen molar-refractivity contribution in [2.75, 3.05) is 47.9 Å². The lowest BCUT2D eigenvalue weighted by atomic mass is 10.0. The number of hydrogen-bond acceptors (Lipinski definition) is 4. The van der Waals surface area contributed by atoms with Crippen LogP contribution in [-0.4, -0.2) is 75.7 Å². The highest BCUT2D eigenvalue weighted by Gasteiger charge is 2.22. The van der Waals surface area contributed by atoms with E-state index in [0.29, 0.717) is 19.0 Å². The first kappa shape index (κ1) is 22.8. The zero-order chi connectivity index (χ0) is 21.2. The van der Waals surface area contributed by atoms with Crippen LogP contribution in [0.1, 0.15) is 38.2 Å². The van der Waals surface area contributed by atoms with E-state index in [2.05, 4.69) is 22.1 Å². The number of carbonyl (C=O) groups excluding carboxylic acids is 1. The molecule has 1 aromatic rings. The number of aliphatic imine (C=N–C) groups is 1. The minimum absolute atomic E-state index is 0.230. The monoisotopic (exact) mass is 404 g/mol. The van der Waals surface area contributed by atoms with Crippen LogP contribution in [-0.2, 0) is 11.2 Å². The highest BCUT2D eigenvalue weighted by atomic mass is 16.5. The lowest BCUT2D eigenvalue weighted by molar-refractivity contribution is -0.134. The number of rotatable bonds is 8. The van der Waals surface area contributed by atoms with Gasteiger partial charge < -0.3 is 24.6 Å². The molecule has 1 N–H and O–H groups in total. The van der Waals surface area contributed by atoms with Gasteiger partial charge in [0.1, 0.15) is 0 Å². The van der Waals surface area contributed by atoms with Crippen molar-refractivity contribution in [2.45, 2.75) is 45.1 Å². The van der Waals surface area contributed by atoms with Crippen molar-refractivity contribution in [3.63, 3.8) is 0 Å². The molecule has 1 aliphatic rings. The van der Waals surface area contributed by atoms with Gasteiger partial charge in [-0.2, -0.15) is 0 Å². The Kier molecular flexibility index (Phi) is 9.09. The summed E-state index contributed by atoms with van der Waals surface area (Å²) < 4.78 is 10.7. The number of nitrogens with one attached hydrogen (secondary N) is 1. The number of benzene rings is 1. The van der Waals surface area contributed by atoms with E-state index in [1.54, 1.807) is 21.3 Å². The largest absolute Gasteiger partial charge is 0.493 e. The Morgan fingerprint density at radius 1 is 1.28 bits per heavy atom. The summed E-state index contributed by atoms with van der Waals surface area (Å²) in [5.74, 6) is 2.49. The highest BCUT2D eigenvalue weighted by Crippen LogP contribution is 2.27. The SMILES string of the molecule is CN=C(NCCC(=O)N1CCCCC1C)N(C)CCc1ccc(OC)c(OC)c1. The highest BCUT2D eigenvalue weighted by molar-refractivity contribution is 5.81. The molecule has 0 saturated carbocycles. The summed E-state index contributed by atoms with van der Waals surface area (Å²) in [5.41, 5.74) is 1.17. The fourth-order valence-corrected chi connectivity index (χ4v) is 3.72. The first-order chi connectivity index (χ1) is 14.0. The van der Waals surface area contributed by atoms with Gasteiger partial charge >= 0.3 is 0 Å². The second-order valence-electron chi connectivity index (χ2n) is 7.52. The molecule has 7 nitrogen and oxygen atoms in total. The van der Waals surface area contributed by atoms with Crippen LogP contribution in [0, 0.1) is 0 Å². The molecule has 0 bridgehead atoms. The molecule has 2 rings (SSSR count). The summed E-state index contributed by atoms with van der Waals surface area (Å²) in [7, 11) is 7.05. The first-order valence-electron chi connectivity index (χ1n) is 10.4. The minimum Gasteiger partial charge on any atom is -0.493 e. The van der Waals surface area contributed by atoms with Gasteiger partial charge in [0.05, 0.1) is 14.2 Å². The number of likely N-dealkylation sites (N-methyl/N-ethyl adjacent to an activating group) is 1.